The average Bonchev–Trinajstić information content (AvgIpc) is 1.86. The van der Waals surface area contributed by atoms with Crippen LogP contribution in [0.4, 0.5) is 4.39 Å². The predicted octanol–water partition coefficient (Wildman–Crippen LogP) is 0.283. The summed E-state index contributed by atoms with van der Waals surface area (Å²) in [4.78, 5) is 0. The van der Waals surface area contributed by atoms with Gasteiger partial charge < -0.3 is 0 Å². The number of hydrogen-bond donors (Lipinski definition) is 0. The summed E-state index contributed by atoms with van der Waals surface area (Å²) in [5.41, 5.74) is 0. The van der Waals surface area contributed by atoms with Gasteiger partial charge in [-0.15, -0.1) is 0 Å². The van der Waals surface area contributed by atoms with E-state index in [9.17, 15) is 12.8 Å². The second kappa shape index (κ2) is 2.78. The number of halogens is 1. The van der Waals surface area contributed by atoms with Gasteiger partial charge in [0.1, 0.15) is 6.17 Å². The molecule has 1 aliphatic rings. The SMILES string of the molecule is N#C[C@H]1CCS(=O)(=O)C[C@H]1F. The van der Waals surface area contributed by atoms with Gasteiger partial charge in [-0.2, -0.15) is 5.26 Å². The minimum absolute atomic E-state index is 0.0500. The van der Waals surface area contributed by atoms with Crippen LogP contribution >= 0.6 is 0 Å². The number of nitrogens with zero attached hydrogens (tertiary/aromatic N) is 1. The summed E-state index contributed by atoms with van der Waals surface area (Å²) in [5, 5.41) is 8.35. The molecule has 0 N–H and O–H groups in total. The van der Waals surface area contributed by atoms with Crippen LogP contribution in [0.25, 0.3) is 0 Å². The van der Waals surface area contributed by atoms with Gasteiger partial charge in [0.2, 0.25) is 0 Å². The fourth-order valence-corrected chi connectivity index (χ4v) is 2.57. The summed E-state index contributed by atoms with van der Waals surface area (Å²) >= 11 is 0. The summed E-state index contributed by atoms with van der Waals surface area (Å²) < 4.78 is 34.3. The van der Waals surface area contributed by atoms with Crippen molar-refractivity contribution in [3.8, 4) is 6.07 Å². The van der Waals surface area contributed by atoms with Crippen molar-refractivity contribution in [2.24, 2.45) is 5.92 Å². The van der Waals surface area contributed by atoms with Crippen molar-refractivity contribution in [1.29, 1.82) is 5.26 Å². The van der Waals surface area contributed by atoms with Gasteiger partial charge in [0, 0.05) is 0 Å². The smallest absolute Gasteiger partial charge is 0.153 e. The van der Waals surface area contributed by atoms with Crippen LogP contribution in [0, 0.1) is 17.2 Å². The lowest BCUT2D eigenvalue weighted by molar-refractivity contribution is 0.280. The largest absolute Gasteiger partial charge is 0.245 e. The topological polar surface area (TPSA) is 57.9 Å². The highest BCUT2D eigenvalue weighted by Gasteiger charge is 2.32. The molecule has 1 rings (SSSR count). The standard InChI is InChI=1S/C6H8FNO2S/c7-6-4-11(9,10)2-1-5(6)3-8/h5-6H,1-2,4H2/t5-,6-/m1/s1. The Morgan fingerprint density at radius 3 is 2.64 bits per heavy atom. The monoisotopic (exact) mass is 177 g/mol. The molecule has 0 spiro atoms. The van der Waals surface area contributed by atoms with E-state index >= 15 is 0 Å². The molecule has 0 aromatic rings. The molecular formula is C6H8FNO2S. The molecule has 1 heterocycles. The van der Waals surface area contributed by atoms with Gasteiger partial charge in [-0.3, -0.25) is 0 Å². The van der Waals surface area contributed by atoms with Crippen molar-refractivity contribution in [1.82, 2.24) is 0 Å². The first kappa shape index (κ1) is 8.47. The summed E-state index contributed by atoms with van der Waals surface area (Å²) in [5.74, 6) is -1.25. The van der Waals surface area contributed by atoms with Gasteiger partial charge in [0.15, 0.2) is 9.84 Å². The molecule has 5 heteroatoms. The molecule has 0 saturated carbocycles. The van der Waals surface area contributed by atoms with Gasteiger partial charge in [0.25, 0.3) is 0 Å². The van der Waals surface area contributed by atoms with Crippen molar-refractivity contribution in [2.45, 2.75) is 12.6 Å². The van der Waals surface area contributed by atoms with E-state index in [4.69, 9.17) is 5.26 Å². The van der Waals surface area contributed by atoms with Crippen LogP contribution in [-0.4, -0.2) is 26.1 Å². The van der Waals surface area contributed by atoms with Crippen LogP contribution in [0.15, 0.2) is 0 Å². The lowest BCUT2D eigenvalue weighted by Crippen LogP contribution is -2.33. The van der Waals surface area contributed by atoms with E-state index in [0.29, 0.717) is 0 Å². The Hall–Kier alpha value is -0.630. The number of nitriles is 1. The first-order valence-corrected chi connectivity index (χ1v) is 5.11. The molecule has 3 nitrogen and oxygen atoms in total. The Morgan fingerprint density at radius 2 is 2.18 bits per heavy atom. The highest BCUT2D eigenvalue weighted by molar-refractivity contribution is 7.91. The van der Waals surface area contributed by atoms with Crippen LogP contribution < -0.4 is 0 Å². The third-order valence-electron chi connectivity index (χ3n) is 1.76. The third kappa shape index (κ3) is 1.90. The van der Waals surface area contributed by atoms with Crippen molar-refractivity contribution in [3.05, 3.63) is 0 Å². The molecule has 0 bridgehead atoms. The minimum Gasteiger partial charge on any atom is -0.245 e. The van der Waals surface area contributed by atoms with Crippen LogP contribution in [0.1, 0.15) is 6.42 Å². The maximum absolute atomic E-state index is 12.7. The lowest BCUT2D eigenvalue weighted by Gasteiger charge is -2.19. The van der Waals surface area contributed by atoms with Gasteiger partial charge >= 0.3 is 0 Å². The number of sulfone groups is 1. The Balaban J connectivity index is 2.71. The predicted molar refractivity (Wildman–Crippen MR) is 37.3 cm³/mol. The van der Waals surface area contributed by atoms with E-state index in [0.717, 1.165) is 0 Å². The van der Waals surface area contributed by atoms with E-state index in [1.54, 1.807) is 6.07 Å². The Morgan fingerprint density at radius 1 is 1.55 bits per heavy atom. The molecule has 2 atom stereocenters. The third-order valence-corrected chi connectivity index (χ3v) is 3.44. The average molecular weight is 177 g/mol. The van der Waals surface area contributed by atoms with Gasteiger partial charge in [-0.25, -0.2) is 12.8 Å². The first-order valence-electron chi connectivity index (χ1n) is 3.29. The molecule has 0 unspecified atom stereocenters. The summed E-state index contributed by atoms with van der Waals surface area (Å²) in [6.07, 6.45) is -1.35. The molecule has 1 aliphatic heterocycles. The first-order chi connectivity index (χ1) is 5.05. The van der Waals surface area contributed by atoms with Crippen LogP contribution in [0.3, 0.4) is 0 Å². The van der Waals surface area contributed by atoms with E-state index < -0.39 is 27.7 Å². The molecule has 0 aromatic heterocycles. The second-order valence-electron chi connectivity index (χ2n) is 2.65. The highest BCUT2D eigenvalue weighted by Crippen LogP contribution is 2.20. The molecule has 0 radical (unpaired) electrons. The van der Waals surface area contributed by atoms with Crippen molar-refractivity contribution >= 4 is 9.84 Å². The fraction of sp³-hybridized carbons (Fsp3) is 0.833. The minimum atomic E-state index is -3.20. The molecule has 62 valence electrons. The normalized spacial score (nSPS) is 36.0. The van der Waals surface area contributed by atoms with Gasteiger partial charge in [-0.1, -0.05) is 0 Å². The summed E-state index contributed by atoms with van der Waals surface area (Å²) in [7, 11) is -3.20. The maximum Gasteiger partial charge on any atom is 0.153 e. The van der Waals surface area contributed by atoms with E-state index in [-0.39, 0.29) is 12.2 Å². The Bertz CT molecular complexity index is 279. The molecular weight excluding hydrogens is 169 g/mol. The molecule has 1 saturated heterocycles. The van der Waals surface area contributed by atoms with Crippen molar-refractivity contribution < 1.29 is 12.8 Å². The van der Waals surface area contributed by atoms with E-state index in [1.807, 2.05) is 0 Å². The molecule has 0 amide bonds. The summed E-state index contributed by atoms with van der Waals surface area (Å²) in [6.45, 7) is 0. The zero-order chi connectivity index (χ0) is 8.48. The zero-order valence-electron chi connectivity index (χ0n) is 5.83. The van der Waals surface area contributed by atoms with E-state index in [1.165, 1.54) is 0 Å². The van der Waals surface area contributed by atoms with Gasteiger partial charge in [-0.05, 0) is 6.42 Å². The summed E-state index contributed by atoms with van der Waals surface area (Å²) in [6, 6.07) is 1.75. The number of hydrogen-bond acceptors (Lipinski definition) is 3. The van der Waals surface area contributed by atoms with Crippen molar-refractivity contribution in [3.63, 3.8) is 0 Å². The lowest BCUT2D eigenvalue weighted by atomic mass is 10.0. The van der Waals surface area contributed by atoms with Crippen LogP contribution in [0.5, 0.6) is 0 Å². The second-order valence-corrected chi connectivity index (χ2v) is 4.88. The molecule has 0 aliphatic carbocycles. The van der Waals surface area contributed by atoms with Crippen LogP contribution in [0.2, 0.25) is 0 Å². The zero-order valence-corrected chi connectivity index (χ0v) is 6.64. The molecule has 0 aromatic carbocycles. The maximum atomic E-state index is 12.7. The highest BCUT2D eigenvalue weighted by atomic mass is 32.2. The van der Waals surface area contributed by atoms with E-state index in [2.05, 4.69) is 0 Å². The number of alkyl halides is 1. The van der Waals surface area contributed by atoms with Crippen LogP contribution in [-0.2, 0) is 9.84 Å². The van der Waals surface area contributed by atoms with Gasteiger partial charge in [0.05, 0.1) is 23.5 Å². The molecule has 11 heavy (non-hydrogen) atoms. The quantitative estimate of drug-likeness (QED) is 0.534. The number of rotatable bonds is 0. The fourth-order valence-electron chi connectivity index (χ4n) is 1.07. The molecule has 1 fully saturated rings. The Kier molecular flexibility index (Phi) is 2.14. The van der Waals surface area contributed by atoms with Crippen molar-refractivity contribution in [2.75, 3.05) is 11.5 Å². The Labute approximate surface area is 64.7 Å².